The Labute approximate surface area is 150 Å². The molecule has 12 nitrogen and oxygen atoms in total. The molecule has 0 saturated heterocycles. The number of nitrogens with zero attached hydrogens (tertiary/aromatic N) is 1. The van der Waals surface area contributed by atoms with E-state index < -0.39 is 48.8 Å². The van der Waals surface area contributed by atoms with Crippen molar-refractivity contribution in [2.75, 3.05) is 39.3 Å². The van der Waals surface area contributed by atoms with E-state index in [1.807, 2.05) is 0 Å². The highest BCUT2D eigenvalue weighted by molar-refractivity contribution is 5.84. The number of aliphatic carboxylic acids is 4. The fraction of sp³-hybridized carbons (Fsp3) is 0.714. The highest BCUT2D eigenvalue weighted by Gasteiger charge is 2.37. The van der Waals surface area contributed by atoms with E-state index in [0.717, 1.165) is 4.90 Å². The van der Waals surface area contributed by atoms with Crippen LogP contribution in [-0.4, -0.2) is 101 Å². The molecule has 0 spiro atoms. The van der Waals surface area contributed by atoms with Crippen LogP contribution in [0.1, 0.15) is 12.8 Å². The van der Waals surface area contributed by atoms with Gasteiger partial charge in [0.05, 0.1) is 12.8 Å². The maximum atomic E-state index is 11.4. The first-order valence-corrected chi connectivity index (χ1v) is 7.97. The predicted octanol–water partition coefficient (Wildman–Crippen LogP) is -2.72. The predicted molar refractivity (Wildman–Crippen MR) is 88.9 cm³/mol. The van der Waals surface area contributed by atoms with Crippen LogP contribution in [0, 0.1) is 0 Å². The molecule has 0 heterocycles. The lowest BCUT2D eigenvalue weighted by atomic mass is 10.1. The van der Waals surface area contributed by atoms with E-state index in [-0.39, 0.29) is 13.1 Å². The first-order chi connectivity index (χ1) is 12.2. The minimum atomic E-state index is -1.66. The summed E-state index contributed by atoms with van der Waals surface area (Å²) in [5.74, 6) is -5.93. The summed E-state index contributed by atoms with van der Waals surface area (Å²) in [6.45, 7) is 2.15. The number of hydrogen-bond acceptors (Lipinski definition) is 8. The molecular formula is C14H26N4O8. The van der Waals surface area contributed by atoms with Crippen LogP contribution < -0.4 is 16.4 Å². The van der Waals surface area contributed by atoms with Crippen molar-refractivity contribution in [1.82, 2.24) is 15.5 Å². The quantitative estimate of drug-likeness (QED) is 0.137. The number of hydrogen-bond donors (Lipinski definition) is 7. The Hall–Kier alpha value is -2.28. The summed E-state index contributed by atoms with van der Waals surface area (Å²) in [6, 6.07) is -3.32. The van der Waals surface area contributed by atoms with E-state index in [1.54, 1.807) is 0 Å². The molecule has 0 saturated carbocycles. The standard InChI is InChI=1S/C14H26N4O8/c15-1-2-16-3-4-17-5-6-18(9(13(23)24)7-11(19)20)10(14(25)26)8-12(21)22/h9-10,16-17H,1-8,15H2,(H,19,20)(H,21,22)(H,23,24)(H,25,26). The fourth-order valence-corrected chi connectivity index (χ4v) is 2.29. The van der Waals surface area contributed by atoms with Gasteiger partial charge >= 0.3 is 23.9 Å². The van der Waals surface area contributed by atoms with Crippen LogP contribution in [0.15, 0.2) is 0 Å². The SMILES string of the molecule is NCCNCCNCCN(C(CC(=O)O)C(=O)O)C(CC(=O)O)C(=O)O. The van der Waals surface area contributed by atoms with Gasteiger partial charge in [-0.05, 0) is 0 Å². The van der Waals surface area contributed by atoms with Gasteiger partial charge < -0.3 is 36.8 Å². The zero-order valence-corrected chi connectivity index (χ0v) is 14.3. The van der Waals surface area contributed by atoms with Crippen LogP contribution in [0.3, 0.4) is 0 Å². The minimum absolute atomic E-state index is 0.147. The van der Waals surface area contributed by atoms with Gasteiger partial charge in [0.25, 0.3) is 0 Å². The van der Waals surface area contributed by atoms with Gasteiger partial charge in [0, 0.05) is 39.3 Å². The van der Waals surface area contributed by atoms with E-state index in [2.05, 4.69) is 10.6 Å². The fourth-order valence-electron chi connectivity index (χ4n) is 2.29. The van der Waals surface area contributed by atoms with Crippen LogP contribution >= 0.6 is 0 Å². The van der Waals surface area contributed by atoms with Gasteiger partial charge in [-0.1, -0.05) is 0 Å². The van der Waals surface area contributed by atoms with Gasteiger partial charge in [0.1, 0.15) is 12.1 Å². The Morgan fingerprint density at radius 2 is 1.19 bits per heavy atom. The number of carboxylic acids is 4. The first kappa shape index (κ1) is 23.7. The van der Waals surface area contributed by atoms with Crippen molar-refractivity contribution in [2.45, 2.75) is 24.9 Å². The van der Waals surface area contributed by atoms with Crippen molar-refractivity contribution in [3.63, 3.8) is 0 Å². The van der Waals surface area contributed by atoms with Gasteiger partial charge in [-0.2, -0.15) is 0 Å². The molecule has 0 aromatic carbocycles. The molecule has 0 bridgehead atoms. The van der Waals surface area contributed by atoms with Crippen LogP contribution in [0.2, 0.25) is 0 Å². The average molecular weight is 378 g/mol. The summed E-state index contributed by atoms with van der Waals surface area (Å²) in [7, 11) is 0. The van der Waals surface area contributed by atoms with Crippen molar-refractivity contribution >= 4 is 23.9 Å². The summed E-state index contributed by atoms with van der Waals surface area (Å²) in [5.41, 5.74) is 5.32. The van der Waals surface area contributed by atoms with E-state index >= 15 is 0 Å². The summed E-state index contributed by atoms with van der Waals surface area (Å²) in [5, 5.41) is 42.3. The Morgan fingerprint density at radius 3 is 1.54 bits per heavy atom. The zero-order valence-electron chi connectivity index (χ0n) is 14.3. The van der Waals surface area contributed by atoms with Crippen LogP contribution in [0.5, 0.6) is 0 Å². The van der Waals surface area contributed by atoms with Crippen molar-refractivity contribution < 1.29 is 39.6 Å². The van der Waals surface area contributed by atoms with Gasteiger partial charge in [-0.25, -0.2) is 0 Å². The number of carboxylic acid groups (broad SMARTS) is 4. The third-order valence-electron chi connectivity index (χ3n) is 3.45. The second kappa shape index (κ2) is 13.0. The van der Waals surface area contributed by atoms with E-state index in [1.165, 1.54) is 0 Å². The van der Waals surface area contributed by atoms with Gasteiger partial charge in [-0.15, -0.1) is 0 Å². The zero-order chi connectivity index (χ0) is 20.1. The minimum Gasteiger partial charge on any atom is -0.481 e. The second-order valence-corrected chi connectivity index (χ2v) is 5.43. The van der Waals surface area contributed by atoms with Gasteiger partial charge in [-0.3, -0.25) is 24.1 Å². The molecular weight excluding hydrogens is 352 g/mol. The van der Waals surface area contributed by atoms with E-state index in [4.69, 9.17) is 15.9 Å². The van der Waals surface area contributed by atoms with Crippen molar-refractivity contribution in [3.8, 4) is 0 Å². The van der Waals surface area contributed by atoms with Crippen molar-refractivity contribution in [3.05, 3.63) is 0 Å². The van der Waals surface area contributed by atoms with Crippen LogP contribution in [0.4, 0.5) is 0 Å². The Morgan fingerprint density at radius 1 is 0.769 bits per heavy atom. The number of nitrogens with two attached hydrogens (primary N) is 1. The lowest BCUT2D eigenvalue weighted by Gasteiger charge is -2.32. The molecule has 0 aliphatic heterocycles. The molecule has 0 radical (unpaired) electrons. The molecule has 12 heteroatoms. The largest absolute Gasteiger partial charge is 0.481 e. The summed E-state index contributed by atoms with van der Waals surface area (Å²) >= 11 is 0. The van der Waals surface area contributed by atoms with E-state index in [0.29, 0.717) is 26.2 Å². The maximum absolute atomic E-state index is 11.4. The molecule has 26 heavy (non-hydrogen) atoms. The Kier molecular flexibility index (Phi) is 11.9. The summed E-state index contributed by atoms with van der Waals surface area (Å²) in [4.78, 5) is 45.5. The molecule has 0 rings (SSSR count). The second-order valence-electron chi connectivity index (χ2n) is 5.43. The first-order valence-electron chi connectivity index (χ1n) is 7.97. The normalized spacial score (nSPS) is 13.3. The smallest absolute Gasteiger partial charge is 0.321 e. The Balaban J connectivity index is 5.06. The molecule has 0 aromatic rings. The lowest BCUT2D eigenvalue weighted by Crippen LogP contribution is -2.54. The van der Waals surface area contributed by atoms with Crippen molar-refractivity contribution in [1.29, 1.82) is 0 Å². The highest BCUT2D eigenvalue weighted by Crippen LogP contribution is 2.14. The van der Waals surface area contributed by atoms with Crippen LogP contribution in [-0.2, 0) is 19.2 Å². The Bertz CT molecular complexity index is 454. The third kappa shape index (κ3) is 9.88. The average Bonchev–Trinajstić information content (AvgIpc) is 2.53. The maximum Gasteiger partial charge on any atom is 0.321 e. The molecule has 2 atom stereocenters. The number of carbonyl (C=O) groups is 4. The summed E-state index contributed by atoms with van der Waals surface area (Å²) in [6.07, 6.45) is -1.70. The molecule has 8 N–H and O–H groups in total. The number of rotatable bonds is 16. The molecule has 150 valence electrons. The molecule has 0 amide bonds. The van der Waals surface area contributed by atoms with Gasteiger partial charge in [0.15, 0.2) is 0 Å². The van der Waals surface area contributed by atoms with Crippen LogP contribution in [0.25, 0.3) is 0 Å². The molecule has 2 unspecified atom stereocenters. The van der Waals surface area contributed by atoms with Crippen molar-refractivity contribution in [2.24, 2.45) is 5.73 Å². The topological polar surface area (TPSA) is 203 Å². The summed E-state index contributed by atoms with van der Waals surface area (Å²) < 4.78 is 0. The highest BCUT2D eigenvalue weighted by atomic mass is 16.4. The molecule has 0 fully saturated rings. The molecule has 0 aromatic heterocycles. The molecule has 0 aliphatic carbocycles. The monoisotopic (exact) mass is 378 g/mol. The van der Waals surface area contributed by atoms with E-state index in [9.17, 15) is 29.4 Å². The van der Waals surface area contributed by atoms with Gasteiger partial charge in [0.2, 0.25) is 0 Å². The lowest BCUT2D eigenvalue weighted by molar-refractivity contribution is -0.158. The third-order valence-corrected chi connectivity index (χ3v) is 3.45. The molecule has 0 aliphatic rings. The number of nitrogens with one attached hydrogen (secondary N) is 2.